The van der Waals surface area contributed by atoms with E-state index in [0.717, 1.165) is 19.3 Å². The van der Waals surface area contributed by atoms with Gasteiger partial charge >= 0.3 is 0 Å². The van der Waals surface area contributed by atoms with Crippen molar-refractivity contribution in [3.8, 4) is 16.9 Å². The summed E-state index contributed by atoms with van der Waals surface area (Å²) in [5, 5.41) is 0. The lowest BCUT2D eigenvalue weighted by Gasteiger charge is -2.29. The summed E-state index contributed by atoms with van der Waals surface area (Å²) in [6.45, 7) is 3.86. The summed E-state index contributed by atoms with van der Waals surface area (Å²) >= 11 is 0. The molecule has 1 nitrogen and oxygen atoms in total. The third kappa shape index (κ3) is 6.28. The zero-order valence-corrected chi connectivity index (χ0v) is 22.4. The molecule has 210 valence electrons. The fourth-order valence-corrected chi connectivity index (χ4v) is 5.45. The first kappa shape index (κ1) is 29.0. The molecule has 0 saturated heterocycles. The number of rotatable bonds is 10. The van der Waals surface area contributed by atoms with E-state index in [0.29, 0.717) is 43.2 Å². The maximum Gasteiger partial charge on any atom is 0.201 e. The Morgan fingerprint density at radius 1 is 0.641 bits per heavy atom. The number of benzene rings is 3. The molecule has 0 aromatic heterocycles. The predicted octanol–water partition coefficient (Wildman–Crippen LogP) is 9.84. The Kier molecular flexibility index (Phi) is 9.62. The number of hydrogen-bond donors (Lipinski definition) is 0. The summed E-state index contributed by atoms with van der Waals surface area (Å²) in [4.78, 5) is 0. The number of unbranched alkanes of at least 4 members (excludes halogenated alkanes) is 2. The number of halogens is 6. The molecular weight excluding hydrogens is 514 g/mol. The van der Waals surface area contributed by atoms with Gasteiger partial charge in [-0.2, -0.15) is 4.39 Å². The molecule has 0 radical (unpaired) electrons. The Hall–Kier alpha value is -2.96. The van der Waals surface area contributed by atoms with Crippen molar-refractivity contribution in [2.45, 2.75) is 77.6 Å². The van der Waals surface area contributed by atoms with Crippen LogP contribution in [-0.2, 0) is 12.8 Å². The largest absolute Gasteiger partial charge is 0.490 e. The van der Waals surface area contributed by atoms with Gasteiger partial charge in [0, 0.05) is 11.1 Å². The third-order valence-electron chi connectivity index (χ3n) is 7.88. The standard InChI is InChI=1S/C32H34F6O/c1-3-5-6-7-22-13-14-23(29(35)28(22)34)21-10-8-19(9-11-21)18-39-26-17-16-25(31(37)32(26)38)24-15-12-20(4-2)27(33)30(24)36/h12-17,19,21H,3-11,18H2,1-2H3. The van der Waals surface area contributed by atoms with Crippen LogP contribution in [0.5, 0.6) is 5.75 Å². The number of aryl methyl sites for hydroxylation is 2. The van der Waals surface area contributed by atoms with E-state index in [9.17, 15) is 26.3 Å². The number of hydrogen-bond acceptors (Lipinski definition) is 1. The molecule has 0 spiro atoms. The fourth-order valence-electron chi connectivity index (χ4n) is 5.45. The second-order valence-corrected chi connectivity index (χ2v) is 10.4. The first-order chi connectivity index (χ1) is 18.8. The molecule has 1 saturated carbocycles. The zero-order valence-electron chi connectivity index (χ0n) is 22.4. The average molecular weight is 549 g/mol. The smallest absolute Gasteiger partial charge is 0.201 e. The van der Waals surface area contributed by atoms with Crippen LogP contribution in [0.1, 0.15) is 81.4 Å². The van der Waals surface area contributed by atoms with Crippen LogP contribution in [0.2, 0.25) is 0 Å². The molecular formula is C32H34F6O. The fraction of sp³-hybridized carbons (Fsp3) is 0.438. The summed E-state index contributed by atoms with van der Waals surface area (Å²) < 4.78 is 93.3. The highest BCUT2D eigenvalue weighted by molar-refractivity contribution is 5.66. The van der Waals surface area contributed by atoms with Crippen LogP contribution in [-0.4, -0.2) is 6.61 Å². The molecule has 0 bridgehead atoms. The lowest BCUT2D eigenvalue weighted by Crippen LogP contribution is -2.20. The van der Waals surface area contributed by atoms with Gasteiger partial charge in [0.1, 0.15) is 0 Å². The Bertz CT molecular complexity index is 1300. The lowest BCUT2D eigenvalue weighted by molar-refractivity contribution is 0.192. The molecule has 0 aliphatic heterocycles. The van der Waals surface area contributed by atoms with Gasteiger partial charge in [0.25, 0.3) is 0 Å². The Morgan fingerprint density at radius 3 is 1.92 bits per heavy atom. The predicted molar refractivity (Wildman–Crippen MR) is 141 cm³/mol. The van der Waals surface area contributed by atoms with Gasteiger partial charge in [-0.05, 0) is 85.6 Å². The molecule has 1 aliphatic carbocycles. The van der Waals surface area contributed by atoms with E-state index in [1.165, 1.54) is 24.3 Å². The quantitative estimate of drug-likeness (QED) is 0.181. The topological polar surface area (TPSA) is 9.23 Å². The lowest BCUT2D eigenvalue weighted by atomic mass is 9.78. The summed E-state index contributed by atoms with van der Waals surface area (Å²) in [5.41, 5.74) is 0.219. The SMILES string of the molecule is CCCCCc1ccc(C2CCC(COc3ccc(-c4ccc(CC)c(F)c4F)c(F)c3F)CC2)c(F)c1F. The molecule has 1 fully saturated rings. The van der Waals surface area contributed by atoms with Crippen molar-refractivity contribution >= 4 is 0 Å². The molecule has 39 heavy (non-hydrogen) atoms. The van der Waals surface area contributed by atoms with Crippen LogP contribution >= 0.6 is 0 Å². The molecule has 0 unspecified atom stereocenters. The van der Waals surface area contributed by atoms with Crippen molar-refractivity contribution in [3.05, 3.63) is 88.0 Å². The molecule has 0 N–H and O–H groups in total. The van der Waals surface area contributed by atoms with Crippen molar-refractivity contribution in [1.29, 1.82) is 0 Å². The first-order valence-corrected chi connectivity index (χ1v) is 13.8. The monoisotopic (exact) mass is 548 g/mol. The summed E-state index contributed by atoms with van der Waals surface area (Å²) in [6, 6.07) is 8.38. The van der Waals surface area contributed by atoms with Gasteiger partial charge in [-0.3, -0.25) is 0 Å². The van der Waals surface area contributed by atoms with Crippen molar-refractivity contribution < 1.29 is 31.1 Å². The van der Waals surface area contributed by atoms with Crippen LogP contribution in [0, 0.1) is 40.8 Å². The number of ether oxygens (including phenoxy) is 1. The average Bonchev–Trinajstić information content (AvgIpc) is 2.94. The third-order valence-corrected chi connectivity index (χ3v) is 7.88. The zero-order chi connectivity index (χ0) is 28.1. The first-order valence-electron chi connectivity index (χ1n) is 13.8. The van der Waals surface area contributed by atoms with Crippen LogP contribution in [0.4, 0.5) is 26.3 Å². The normalized spacial score (nSPS) is 17.4. The van der Waals surface area contributed by atoms with E-state index in [1.807, 2.05) is 0 Å². The highest BCUT2D eigenvalue weighted by Gasteiger charge is 2.27. The van der Waals surface area contributed by atoms with Gasteiger partial charge in [-0.25, -0.2) is 22.0 Å². The minimum atomic E-state index is -1.31. The van der Waals surface area contributed by atoms with E-state index in [2.05, 4.69) is 6.92 Å². The van der Waals surface area contributed by atoms with Gasteiger partial charge in [0.05, 0.1) is 6.61 Å². The van der Waals surface area contributed by atoms with E-state index < -0.39 is 34.9 Å². The van der Waals surface area contributed by atoms with Crippen molar-refractivity contribution in [2.24, 2.45) is 5.92 Å². The van der Waals surface area contributed by atoms with Gasteiger partial charge in [-0.1, -0.05) is 51.0 Å². The van der Waals surface area contributed by atoms with Crippen molar-refractivity contribution in [2.75, 3.05) is 6.61 Å². The molecule has 0 heterocycles. The maximum atomic E-state index is 14.8. The van der Waals surface area contributed by atoms with Crippen LogP contribution in [0.3, 0.4) is 0 Å². The maximum absolute atomic E-state index is 14.8. The molecule has 3 aromatic rings. The molecule has 1 aliphatic rings. The minimum Gasteiger partial charge on any atom is -0.490 e. The van der Waals surface area contributed by atoms with Crippen LogP contribution in [0.15, 0.2) is 36.4 Å². The van der Waals surface area contributed by atoms with Gasteiger partial charge in [0.15, 0.2) is 34.8 Å². The molecule has 0 atom stereocenters. The van der Waals surface area contributed by atoms with E-state index in [4.69, 9.17) is 4.74 Å². The Balaban J connectivity index is 1.37. The van der Waals surface area contributed by atoms with E-state index in [-0.39, 0.29) is 47.3 Å². The van der Waals surface area contributed by atoms with Gasteiger partial charge in [0.2, 0.25) is 5.82 Å². The highest BCUT2D eigenvalue weighted by Crippen LogP contribution is 2.39. The Labute approximate surface area is 226 Å². The molecule has 3 aromatic carbocycles. The van der Waals surface area contributed by atoms with Crippen LogP contribution < -0.4 is 4.74 Å². The van der Waals surface area contributed by atoms with Crippen LogP contribution in [0.25, 0.3) is 11.1 Å². The second kappa shape index (κ2) is 12.9. The summed E-state index contributed by atoms with van der Waals surface area (Å²) in [7, 11) is 0. The minimum absolute atomic E-state index is 0.0396. The van der Waals surface area contributed by atoms with E-state index >= 15 is 0 Å². The summed E-state index contributed by atoms with van der Waals surface area (Å²) in [5.74, 6) is -6.76. The van der Waals surface area contributed by atoms with Crippen molar-refractivity contribution in [1.82, 2.24) is 0 Å². The second-order valence-electron chi connectivity index (χ2n) is 10.4. The molecule has 7 heteroatoms. The van der Waals surface area contributed by atoms with Gasteiger partial charge in [-0.15, -0.1) is 0 Å². The van der Waals surface area contributed by atoms with Crippen molar-refractivity contribution in [3.63, 3.8) is 0 Å². The van der Waals surface area contributed by atoms with Gasteiger partial charge < -0.3 is 4.74 Å². The highest BCUT2D eigenvalue weighted by atomic mass is 19.2. The molecule has 0 amide bonds. The molecule has 4 rings (SSSR count). The summed E-state index contributed by atoms with van der Waals surface area (Å²) in [6.07, 6.45) is 6.20. The van der Waals surface area contributed by atoms with E-state index in [1.54, 1.807) is 19.1 Å². The Morgan fingerprint density at radius 2 is 1.26 bits per heavy atom.